The summed E-state index contributed by atoms with van der Waals surface area (Å²) < 4.78 is 0. The van der Waals surface area contributed by atoms with Crippen LogP contribution in [0.1, 0.15) is 44.6 Å². The van der Waals surface area contributed by atoms with E-state index in [0.29, 0.717) is 5.92 Å². The molecule has 1 saturated carbocycles. The second kappa shape index (κ2) is 7.81. The van der Waals surface area contributed by atoms with Gasteiger partial charge in [0.15, 0.2) is 0 Å². The average molecular weight is 311 g/mol. The zero-order chi connectivity index (χ0) is 14.6. The predicted octanol–water partition coefficient (Wildman–Crippen LogP) is 3.32. The molecule has 0 spiro atoms. The van der Waals surface area contributed by atoms with Gasteiger partial charge in [0.25, 0.3) is 0 Å². The number of amides is 1. The van der Waals surface area contributed by atoms with Crippen molar-refractivity contribution < 1.29 is 4.79 Å². The molecule has 1 aromatic rings. The second-order valence-electron chi connectivity index (χ2n) is 6.26. The van der Waals surface area contributed by atoms with Gasteiger partial charge in [0, 0.05) is 13.6 Å². The molecule has 118 valence electrons. The van der Waals surface area contributed by atoms with E-state index < -0.39 is 5.54 Å². The third-order valence-corrected chi connectivity index (χ3v) is 4.42. The van der Waals surface area contributed by atoms with Gasteiger partial charge in [-0.05, 0) is 31.2 Å². The van der Waals surface area contributed by atoms with Crippen LogP contribution >= 0.6 is 12.4 Å². The lowest BCUT2D eigenvalue weighted by Gasteiger charge is -2.33. The molecule has 0 heterocycles. The summed E-state index contributed by atoms with van der Waals surface area (Å²) in [6.45, 7) is 2.64. The Morgan fingerprint density at radius 2 is 1.81 bits per heavy atom. The molecular formula is C17H27ClN2O. The van der Waals surface area contributed by atoms with E-state index in [9.17, 15) is 4.79 Å². The van der Waals surface area contributed by atoms with E-state index in [0.717, 1.165) is 12.1 Å². The number of carbonyl (C=O) groups is 1. The summed E-state index contributed by atoms with van der Waals surface area (Å²) >= 11 is 0. The van der Waals surface area contributed by atoms with Crippen LogP contribution in [0.25, 0.3) is 0 Å². The summed E-state index contributed by atoms with van der Waals surface area (Å²) in [5.74, 6) is 0.651. The Morgan fingerprint density at radius 1 is 1.24 bits per heavy atom. The maximum atomic E-state index is 12.6. The van der Waals surface area contributed by atoms with Crippen LogP contribution in [0.2, 0.25) is 0 Å². The molecular weight excluding hydrogens is 284 g/mol. The molecule has 1 atom stereocenters. The number of rotatable bonds is 4. The van der Waals surface area contributed by atoms with E-state index >= 15 is 0 Å². The molecule has 1 aliphatic rings. The Balaban J connectivity index is 0.00000220. The van der Waals surface area contributed by atoms with E-state index in [1.54, 1.807) is 0 Å². The second-order valence-corrected chi connectivity index (χ2v) is 6.26. The van der Waals surface area contributed by atoms with Gasteiger partial charge in [0.05, 0.1) is 0 Å². The standard InChI is InChI=1S/C17H26N2O.ClH/c1-17(18,15-11-7-4-8-12-15)16(20)19(2)13-14-9-5-3-6-10-14;/h4,7-8,11-12,14H,3,5-6,9-10,13,18H2,1-2H3;1H. The molecule has 0 saturated heterocycles. The Morgan fingerprint density at radius 3 is 2.38 bits per heavy atom. The molecule has 0 bridgehead atoms. The fourth-order valence-electron chi connectivity index (χ4n) is 3.14. The first kappa shape index (κ1) is 18.0. The molecule has 1 aromatic carbocycles. The van der Waals surface area contributed by atoms with Gasteiger partial charge in [-0.2, -0.15) is 0 Å². The van der Waals surface area contributed by atoms with Gasteiger partial charge in [-0.1, -0.05) is 49.6 Å². The Kier molecular flexibility index (Phi) is 6.69. The van der Waals surface area contributed by atoms with Crippen molar-refractivity contribution in [2.24, 2.45) is 11.7 Å². The fraction of sp³-hybridized carbons (Fsp3) is 0.588. The number of nitrogens with two attached hydrogens (primary N) is 1. The molecule has 3 nitrogen and oxygen atoms in total. The summed E-state index contributed by atoms with van der Waals surface area (Å²) in [7, 11) is 1.88. The Labute approximate surface area is 134 Å². The molecule has 0 aromatic heterocycles. The largest absolute Gasteiger partial charge is 0.344 e. The van der Waals surface area contributed by atoms with Crippen LogP contribution < -0.4 is 5.73 Å². The smallest absolute Gasteiger partial charge is 0.246 e. The summed E-state index contributed by atoms with van der Waals surface area (Å²) in [4.78, 5) is 14.5. The van der Waals surface area contributed by atoms with E-state index in [1.807, 2.05) is 49.2 Å². The molecule has 2 rings (SSSR count). The molecule has 1 unspecified atom stereocenters. The summed E-state index contributed by atoms with van der Waals surface area (Å²) in [5.41, 5.74) is 6.23. The van der Waals surface area contributed by atoms with Gasteiger partial charge < -0.3 is 10.6 Å². The van der Waals surface area contributed by atoms with Crippen molar-refractivity contribution in [1.82, 2.24) is 4.90 Å². The zero-order valence-corrected chi connectivity index (χ0v) is 13.9. The van der Waals surface area contributed by atoms with Gasteiger partial charge in [-0.15, -0.1) is 12.4 Å². The van der Waals surface area contributed by atoms with E-state index in [4.69, 9.17) is 5.73 Å². The van der Waals surface area contributed by atoms with E-state index in [1.165, 1.54) is 32.1 Å². The first-order valence-electron chi connectivity index (χ1n) is 7.62. The summed E-state index contributed by atoms with van der Waals surface area (Å²) in [6, 6.07) is 9.64. The molecule has 1 amide bonds. The quantitative estimate of drug-likeness (QED) is 0.927. The number of benzene rings is 1. The van der Waals surface area contributed by atoms with Crippen LogP contribution in [0.15, 0.2) is 30.3 Å². The fourth-order valence-corrected chi connectivity index (χ4v) is 3.14. The zero-order valence-electron chi connectivity index (χ0n) is 13.0. The van der Waals surface area contributed by atoms with Crippen molar-refractivity contribution in [1.29, 1.82) is 0 Å². The van der Waals surface area contributed by atoms with Gasteiger partial charge >= 0.3 is 0 Å². The summed E-state index contributed by atoms with van der Waals surface area (Å²) in [6.07, 6.45) is 6.41. The van der Waals surface area contributed by atoms with Gasteiger partial charge in [0.2, 0.25) is 5.91 Å². The lowest BCUT2D eigenvalue weighted by Crippen LogP contribution is -2.50. The first-order chi connectivity index (χ1) is 9.51. The molecule has 0 aliphatic heterocycles. The predicted molar refractivity (Wildman–Crippen MR) is 89.4 cm³/mol. The number of halogens is 1. The molecule has 4 heteroatoms. The highest BCUT2D eigenvalue weighted by atomic mass is 35.5. The van der Waals surface area contributed by atoms with Crippen molar-refractivity contribution >= 4 is 18.3 Å². The average Bonchev–Trinajstić information content (AvgIpc) is 2.48. The normalized spacial score (nSPS) is 18.4. The highest BCUT2D eigenvalue weighted by molar-refractivity contribution is 5.86. The number of nitrogens with zero attached hydrogens (tertiary/aromatic N) is 1. The van der Waals surface area contributed by atoms with Crippen LogP contribution in [-0.2, 0) is 10.3 Å². The SMILES string of the molecule is CN(CC1CCCCC1)C(=O)C(C)(N)c1ccccc1.Cl. The van der Waals surface area contributed by atoms with Crippen molar-refractivity contribution in [2.45, 2.75) is 44.6 Å². The van der Waals surface area contributed by atoms with E-state index in [2.05, 4.69) is 0 Å². The molecule has 21 heavy (non-hydrogen) atoms. The lowest BCUT2D eigenvalue weighted by molar-refractivity contribution is -0.136. The molecule has 1 fully saturated rings. The van der Waals surface area contributed by atoms with Crippen LogP contribution in [0.3, 0.4) is 0 Å². The Hall–Kier alpha value is -1.06. The third-order valence-electron chi connectivity index (χ3n) is 4.42. The van der Waals surface area contributed by atoms with Crippen LogP contribution in [0.5, 0.6) is 0 Å². The monoisotopic (exact) mass is 310 g/mol. The van der Waals surface area contributed by atoms with Crippen LogP contribution in [0.4, 0.5) is 0 Å². The van der Waals surface area contributed by atoms with Gasteiger partial charge in [-0.3, -0.25) is 4.79 Å². The maximum Gasteiger partial charge on any atom is 0.246 e. The first-order valence-corrected chi connectivity index (χ1v) is 7.62. The maximum absolute atomic E-state index is 12.6. The minimum Gasteiger partial charge on any atom is -0.344 e. The molecule has 0 radical (unpaired) electrons. The van der Waals surface area contributed by atoms with Crippen molar-refractivity contribution in [3.8, 4) is 0 Å². The van der Waals surface area contributed by atoms with Crippen LogP contribution in [0, 0.1) is 5.92 Å². The van der Waals surface area contributed by atoms with Gasteiger partial charge in [0.1, 0.15) is 5.54 Å². The van der Waals surface area contributed by atoms with Crippen molar-refractivity contribution in [2.75, 3.05) is 13.6 Å². The molecule has 1 aliphatic carbocycles. The number of likely N-dealkylation sites (N-methyl/N-ethyl adjacent to an activating group) is 1. The van der Waals surface area contributed by atoms with Crippen molar-refractivity contribution in [3.05, 3.63) is 35.9 Å². The van der Waals surface area contributed by atoms with E-state index in [-0.39, 0.29) is 18.3 Å². The number of carbonyl (C=O) groups excluding carboxylic acids is 1. The lowest BCUT2D eigenvalue weighted by atomic mass is 9.87. The van der Waals surface area contributed by atoms with Crippen molar-refractivity contribution in [3.63, 3.8) is 0 Å². The topological polar surface area (TPSA) is 46.3 Å². The number of hydrogen-bond donors (Lipinski definition) is 1. The minimum atomic E-state index is -0.940. The summed E-state index contributed by atoms with van der Waals surface area (Å²) in [5, 5.41) is 0. The third kappa shape index (κ3) is 4.45. The minimum absolute atomic E-state index is 0. The van der Waals surface area contributed by atoms with Crippen LogP contribution in [-0.4, -0.2) is 24.4 Å². The highest BCUT2D eigenvalue weighted by Crippen LogP contribution is 2.26. The van der Waals surface area contributed by atoms with Gasteiger partial charge in [-0.25, -0.2) is 0 Å². The Bertz CT molecular complexity index is 441. The molecule has 2 N–H and O–H groups in total. The number of hydrogen-bond acceptors (Lipinski definition) is 2. The highest BCUT2D eigenvalue weighted by Gasteiger charge is 2.33.